The molecular weight excluding hydrogens is 164 g/mol. The van der Waals surface area contributed by atoms with E-state index in [0.29, 0.717) is 5.41 Å². The van der Waals surface area contributed by atoms with Crippen LogP contribution in [0.1, 0.15) is 44.9 Å². The Balaban J connectivity index is 1.87. The number of carboxylic acids is 1. The lowest BCUT2D eigenvalue weighted by molar-refractivity contribution is -0.240. The summed E-state index contributed by atoms with van der Waals surface area (Å²) in [4.78, 5) is 11.0. The first-order valence-corrected chi connectivity index (χ1v) is 5.43. The number of carbonyl (C=O) groups is 1. The molecule has 2 spiro atoms. The molecule has 3 aliphatic carbocycles. The van der Waals surface area contributed by atoms with Gasteiger partial charge in [0.1, 0.15) is 0 Å². The summed E-state index contributed by atoms with van der Waals surface area (Å²) in [5, 5.41) is 9.09. The van der Waals surface area contributed by atoms with E-state index in [9.17, 15) is 4.79 Å². The highest BCUT2D eigenvalue weighted by atomic mass is 16.4. The average Bonchev–Trinajstić information content (AvgIpc) is 1.75. The Morgan fingerprint density at radius 1 is 1.15 bits per heavy atom. The van der Waals surface area contributed by atoms with Crippen LogP contribution >= 0.6 is 0 Å². The zero-order valence-corrected chi connectivity index (χ0v) is 7.88. The molecule has 3 rings (SSSR count). The predicted molar refractivity (Wildman–Crippen MR) is 48.3 cm³/mol. The van der Waals surface area contributed by atoms with Gasteiger partial charge in [-0.2, -0.15) is 0 Å². The van der Waals surface area contributed by atoms with Crippen molar-refractivity contribution in [3.05, 3.63) is 0 Å². The lowest BCUT2D eigenvalue weighted by Crippen LogP contribution is -2.66. The molecule has 3 aliphatic rings. The molecule has 0 aromatic carbocycles. The van der Waals surface area contributed by atoms with Crippen LogP contribution in [0.25, 0.3) is 0 Å². The monoisotopic (exact) mass is 180 g/mol. The first-order valence-electron chi connectivity index (χ1n) is 5.43. The molecule has 3 saturated carbocycles. The Morgan fingerprint density at radius 2 is 1.77 bits per heavy atom. The van der Waals surface area contributed by atoms with Crippen LogP contribution in [0.15, 0.2) is 0 Å². The van der Waals surface area contributed by atoms with Crippen LogP contribution in [0, 0.1) is 16.7 Å². The van der Waals surface area contributed by atoms with Crippen LogP contribution in [-0.4, -0.2) is 11.1 Å². The number of carboxylic acid groups (broad SMARTS) is 1. The maximum absolute atomic E-state index is 11.0. The zero-order chi connectivity index (χ0) is 9.10. The quantitative estimate of drug-likeness (QED) is 0.673. The van der Waals surface area contributed by atoms with E-state index in [4.69, 9.17) is 5.11 Å². The molecule has 72 valence electrons. The minimum atomic E-state index is -0.530. The Morgan fingerprint density at radius 3 is 2.08 bits per heavy atom. The SMILES string of the molecule is O=C(O)C1CC2(CCC2)C12CCC2. The van der Waals surface area contributed by atoms with Gasteiger partial charge in [0.2, 0.25) is 0 Å². The van der Waals surface area contributed by atoms with E-state index in [1.165, 1.54) is 38.5 Å². The Bertz CT molecular complexity index is 261. The number of rotatable bonds is 1. The molecule has 2 heteroatoms. The van der Waals surface area contributed by atoms with Crippen molar-refractivity contribution in [3.8, 4) is 0 Å². The standard InChI is InChI=1S/C11H16O2/c12-9(13)8-7-10(3-1-4-10)11(8)5-2-6-11/h8H,1-7H2,(H,12,13). The summed E-state index contributed by atoms with van der Waals surface area (Å²) in [6, 6.07) is 0. The highest BCUT2D eigenvalue weighted by Gasteiger charge is 2.70. The van der Waals surface area contributed by atoms with Gasteiger partial charge in [-0.05, 0) is 42.9 Å². The van der Waals surface area contributed by atoms with Crippen LogP contribution in [0.2, 0.25) is 0 Å². The molecule has 2 nitrogen and oxygen atoms in total. The van der Waals surface area contributed by atoms with Gasteiger partial charge in [-0.15, -0.1) is 0 Å². The Kier molecular flexibility index (Phi) is 1.27. The zero-order valence-electron chi connectivity index (χ0n) is 7.88. The van der Waals surface area contributed by atoms with Crippen molar-refractivity contribution in [2.24, 2.45) is 16.7 Å². The third-order valence-corrected chi connectivity index (χ3v) is 5.17. The molecule has 1 atom stereocenters. The third-order valence-electron chi connectivity index (χ3n) is 5.17. The van der Waals surface area contributed by atoms with E-state index in [1.807, 2.05) is 0 Å². The van der Waals surface area contributed by atoms with Crippen LogP contribution in [-0.2, 0) is 4.79 Å². The van der Waals surface area contributed by atoms with Crippen molar-refractivity contribution in [3.63, 3.8) is 0 Å². The van der Waals surface area contributed by atoms with Crippen molar-refractivity contribution in [2.75, 3.05) is 0 Å². The topological polar surface area (TPSA) is 37.3 Å². The second kappa shape index (κ2) is 2.10. The van der Waals surface area contributed by atoms with Crippen LogP contribution in [0.3, 0.4) is 0 Å². The summed E-state index contributed by atoms with van der Waals surface area (Å²) in [7, 11) is 0. The highest BCUT2D eigenvalue weighted by Crippen LogP contribution is 2.76. The van der Waals surface area contributed by atoms with Crippen LogP contribution < -0.4 is 0 Å². The molecule has 13 heavy (non-hydrogen) atoms. The van der Waals surface area contributed by atoms with Gasteiger partial charge in [0, 0.05) is 0 Å². The number of hydrogen-bond acceptors (Lipinski definition) is 1. The van der Waals surface area contributed by atoms with E-state index in [2.05, 4.69) is 0 Å². The van der Waals surface area contributed by atoms with E-state index >= 15 is 0 Å². The number of fused-ring (bicyclic) bond motifs is 1. The first-order chi connectivity index (χ1) is 6.20. The van der Waals surface area contributed by atoms with Gasteiger partial charge in [-0.3, -0.25) is 4.79 Å². The normalized spacial score (nSPS) is 37.7. The maximum atomic E-state index is 11.0. The van der Waals surface area contributed by atoms with Crippen molar-refractivity contribution in [1.82, 2.24) is 0 Å². The van der Waals surface area contributed by atoms with Crippen molar-refractivity contribution >= 4 is 5.97 Å². The van der Waals surface area contributed by atoms with Gasteiger partial charge in [0.15, 0.2) is 0 Å². The second-order valence-corrected chi connectivity index (χ2v) is 5.24. The minimum Gasteiger partial charge on any atom is -0.481 e. The van der Waals surface area contributed by atoms with E-state index < -0.39 is 5.97 Å². The molecule has 1 N–H and O–H groups in total. The van der Waals surface area contributed by atoms with E-state index in [0.717, 1.165) is 6.42 Å². The fourth-order valence-electron chi connectivity index (χ4n) is 4.09. The third kappa shape index (κ3) is 0.660. The largest absolute Gasteiger partial charge is 0.481 e. The molecule has 3 fully saturated rings. The molecule has 0 aliphatic heterocycles. The molecule has 0 aromatic heterocycles. The fraction of sp³-hybridized carbons (Fsp3) is 0.909. The van der Waals surface area contributed by atoms with Gasteiger partial charge in [0.25, 0.3) is 0 Å². The highest BCUT2D eigenvalue weighted by molar-refractivity contribution is 5.73. The number of aliphatic carboxylic acids is 1. The minimum absolute atomic E-state index is 0.0153. The van der Waals surface area contributed by atoms with Gasteiger partial charge < -0.3 is 5.11 Å². The van der Waals surface area contributed by atoms with Crippen molar-refractivity contribution in [1.29, 1.82) is 0 Å². The fourth-order valence-corrected chi connectivity index (χ4v) is 4.09. The summed E-state index contributed by atoms with van der Waals surface area (Å²) < 4.78 is 0. The van der Waals surface area contributed by atoms with Crippen molar-refractivity contribution in [2.45, 2.75) is 44.9 Å². The number of hydrogen-bond donors (Lipinski definition) is 1. The van der Waals surface area contributed by atoms with Crippen molar-refractivity contribution < 1.29 is 9.90 Å². The van der Waals surface area contributed by atoms with Crippen LogP contribution in [0.5, 0.6) is 0 Å². The first kappa shape index (κ1) is 7.84. The summed E-state index contributed by atoms with van der Waals surface area (Å²) in [6.45, 7) is 0. The molecule has 0 radical (unpaired) electrons. The molecule has 0 saturated heterocycles. The lowest BCUT2D eigenvalue weighted by Gasteiger charge is -2.72. The molecular formula is C11H16O2. The summed E-state index contributed by atoms with van der Waals surface area (Å²) >= 11 is 0. The smallest absolute Gasteiger partial charge is 0.307 e. The predicted octanol–water partition coefficient (Wildman–Crippen LogP) is 2.43. The Hall–Kier alpha value is -0.530. The lowest BCUT2D eigenvalue weighted by atomic mass is 9.32. The summed E-state index contributed by atoms with van der Waals surface area (Å²) in [6.07, 6.45) is 8.63. The van der Waals surface area contributed by atoms with E-state index in [1.54, 1.807) is 0 Å². The molecule has 0 amide bonds. The summed E-state index contributed by atoms with van der Waals surface area (Å²) in [5.74, 6) is -0.515. The van der Waals surface area contributed by atoms with Gasteiger partial charge in [0.05, 0.1) is 5.92 Å². The van der Waals surface area contributed by atoms with Gasteiger partial charge in [-0.1, -0.05) is 12.8 Å². The van der Waals surface area contributed by atoms with Gasteiger partial charge in [-0.25, -0.2) is 0 Å². The molecule has 0 aromatic rings. The van der Waals surface area contributed by atoms with Gasteiger partial charge >= 0.3 is 5.97 Å². The van der Waals surface area contributed by atoms with E-state index in [-0.39, 0.29) is 11.3 Å². The average molecular weight is 180 g/mol. The summed E-state index contributed by atoms with van der Waals surface area (Å²) in [5.41, 5.74) is 0.783. The molecule has 0 heterocycles. The maximum Gasteiger partial charge on any atom is 0.307 e. The molecule has 0 bridgehead atoms. The molecule has 1 unspecified atom stereocenters. The second-order valence-electron chi connectivity index (χ2n) is 5.24. The Labute approximate surface area is 78.3 Å². The van der Waals surface area contributed by atoms with Crippen LogP contribution in [0.4, 0.5) is 0 Å².